The molecule has 0 radical (unpaired) electrons. The number of hydrogen-bond acceptors (Lipinski definition) is 2. The molecule has 1 atom stereocenters. The van der Waals surface area contributed by atoms with Crippen LogP contribution in [-0.2, 0) is 9.59 Å². The van der Waals surface area contributed by atoms with Crippen LogP contribution in [0.5, 0.6) is 0 Å². The Morgan fingerprint density at radius 1 is 1.11 bits per heavy atom. The van der Waals surface area contributed by atoms with Gasteiger partial charge in [0.2, 0.25) is 11.8 Å². The number of amides is 2. The Bertz CT molecular complexity index is 356. The zero-order chi connectivity index (χ0) is 12.9. The minimum absolute atomic E-state index is 0.0768. The third kappa shape index (κ3) is 1.82. The molecule has 4 rings (SSSR count). The van der Waals surface area contributed by atoms with E-state index in [1.165, 1.54) is 19.3 Å². The molecule has 0 aromatic carbocycles. The highest BCUT2D eigenvalue weighted by Gasteiger charge is 2.54. The van der Waals surface area contributed by atoms with Crippen LogP contribution in [0.1, 0.15) is 45.4 Å². The Kier molecular flexibility index (Phi) is 2.65. The Hall–Kier alpha value is -1.06. The van der Waals surface area contributed by atoms with Crippen LogP contribution in [0.4, 0.5) is 0 Å². The summed E-state index contributed by atoms with van der Waals surface area (Å²) >= 11 is 0. The molecule has 4 saturated carbocycles. The van der Waals surface area contributed by atoms with Crippen LogP contribution >= 0.6 is 0 Å². The molecule has 4 fully saturated rings. The SMILES string of the molecule is CC(NC(=O)C12CC3CC(CC(C3)C1)C2)C(N)=O. The summed E-state index contributed by atoms with van der Waals surface area (Å²) in [5.74, 6) is 1.85. The molecule has 4 heteroatoms. The second-order valence-electron chi connectivity index (χ2n) is 6.80. The zero-order valence-corrected chi connectivity index (χ0v) is 10.9. The Balaban J connectivity index is 1.75. The Labute approximate surface area is 108 Å². The van der Waals surface area contributed by atoms with Crippen LogP contribution in [0.3, 0.4) is 0 Å². The summed E-state index contributed by atoms with van der Waals surface area (Å²) in [4.78, 5) is 23.6. The van der Waals surface area contributed by atoms with Crippen molar-refractivity contribution in [3.8, 4) is 0 Å². The van der Waals surface area contributed by atoms with Crippen LogP contribution in [-0.4, -0.2) is 17.9 Å². The van der Waals surface area contributed by atoms with Gasteiger partial charge in [0.1, 0.15) is 6.04 Å². The van der Waals surface area contributed by atoms with Crippen molar-refractivity contribution in [1.82, 2.24) is 5.32 Å². The van der Waals surface area contributed by atoms with E-state index in [9.17, 15) is 9.59 Å². The van der Waals surface area contributed by atoms with E-state index in [0.717, 1.165) is 37.0 Å². The average molecular weight is 250 g/mol. The highest BCUT2D eigenvalue weighted by Crippen LogP contribution is 2.60. The fourth-order valence-corrected chi connectivity index (χ4v) is 4.81. The second kappa shape index (κ2) is 3.97. The van der Waals surface area contributed by atoms with Gasteiger partial charge in [-0.3, -0.25) is 9.59 Å². The van der Waals surface area contributed by atoms with Crippen molar-refractivity contribution in [2.24, 2.45) is 28.9 Å². The fourth-order valence-electron chi connectivity index (χ4n) is 4.81. The number of rotatable bonds is 3. The van der Waals surface area contributed by atoms with Crippen molar-refractivity contribution < 1.29 is 9.59 Å². The summed E-state index contributed by atoms with van der Waals surface area (Å²) in [6.07, 6.45) is 7.02. The van der Waals surface area contributed by atoms with Crippen LogP contribution < -0.4 is 11.1 Å². The molecule has 0 saturated heterocycles. The van der Waals surface area contributed by atoms with Crippen molar-refractivity contribution in [2.45, 2.75) is 51.5 Å². The molecule has 4 aliphatic carbocycles. The van der Waals surface area contributed by atoms with Crippen LogP contribution in [0, 0.1) is 23.2 Å². The molecule has 0 aromatic rings. The molecule has 0 aromatic heterocycles. The number of nitrogens with one attached hydrogen (secondary N) is 1. The molecule has 2 amide bonds. The maximum Gasteiger partial charge on any atom is 0.239 e. The number of nitrogens with two attached hydrogens (primary N) is 1. The molecule has 1 unspecified atom stereocenters. The molecule has 18 heavy (non-hydrogen) atoms. The first-order chi connectivity index (χ1) is 8.48. The monoisotopic (exact) mass is 250 g/mol. The summed E-state index contributed by atoms with van der Waals surface area (Å²) in [5, 5.41) is 2.82. The molecular formula is C14H22N2O2. The quantitative estimate of drug-likeness (QED) is 0.789. The van der Waals surface area contributed by atoms with E-state index < -0.39 is 11.9 Å². The third-order valence-electron chi connectivity index (χ3n) is 5.29. The average Bonchev–Trinajstić information content (AvgIpc) is 2.26. The highest BCUT2D eigenvalue weighted by atomic mass is 16.2. The first kappa shape index (κ1) is 12.0. The van der Waals surface area contributed by atoms with Crippen molar-refractivity contribution in [3.63, 3.8) is 0 Å². The van der Waals surface area contributed by atoms with Crippen molar-refractivity contribution in [3.05, 3.63) is 0 Å². The molecule has 4 bridgehead atoms. The first-order valence-electron chi connectivity index (χ1n) is 7.09. The van der Waals surface area contributed by atoms with Gasteiger partial charge in [-0.2, -0.15) is 0 Å². The van der Waals surface area contributed by atoms with Gasteiger partial charge >= 0.3 is 0 Å². The van der Waals surface area contributed by atoms with E-state index >= 15 is 0 Å². The van der Waals surface area contributed by atoms with Gasteiger partial charge in [-0.05, 0) is 63.2 Å². The zero-order valence-electron chi connectivity index (χ0n) is 10.9. The number of hydrogen-bond donors (Lipinski definition) is 2. The lowest BCUT2D eigenvalue weighted by Crippen LogP contribution is -2.56. The molecule has 4 nitrogen and oxygen atoms in total. The van der Waals surface area contributed by atoms with Gasteiger partial charge in [0.05, 0.1) is 0 Å². The van der Waals surface area contributed by atoms with Gasteiger partial charge < -0.3 is 11.1 Å². The highest BCUT2D eigenvalue weighted by molar-refractivity contribution is 5.89. The van der Waals surface area contributed by atoms with Gasteiger partial charge in [-0.15, -0.1) is 0 Å². The van der Waals surface area contributed by atoms with Gasteiger partial charge in [0.15, 0.2) is 0 Å². The summed E-state index contributed by atoms with van der Waals surface area (Å²) in [5.41, 5.74) is 5.04. The van der Waals surface area contributed by atoms with Crippen molar-refractivity contribution in [1.29, 1.82) is 0 Å². The van der Waals surface area contributed by atoms with E-state index in [4.69, 9.17) is 5.73 Å². The van der Waals surface area contributed by atoms with E-state index in [1.807, 2.05) is 0 Å². The molecule has 0 spiro atoms. The normalized spacial score (nSPS) is 42.6. The van der Waals surface area contributed by atoms with Gasteiger partial charge in [0, 0.05) is 5.41 Å². The predicted octanol–water partition coefficient (Wildman–Crippen LogP) is 1.19. The molecule has 4 aliphatic rings. The van der Waals surface area contributed by atoms with Crippen molar-refractivity contribution >= 4 is 11.8 Å². The number of primary amides is 1. The van der Waals surface area contributed by atoms with Crippen LogP contribution in [0.25, 0.3) is 0 Å². The summed E-state index contributed by atoms with van der Waals surface area (Å²) in [6, 6.07) is -0.550. The van der Waals surface area contributed by atoms with Gasteiger partial charge in [0.25, 0.3) is 0 Å². The summed E-state index contributed by atoms with van der Waals surface area (Å²) in [6.45, 7) is 1.67. The Morgan fingerprint density at radius 3 is 1.94 bits per heavy atom. The lowest BCUT2D eigenvalue weighted by Gasteiger charge is -2.55. The van der Waals surface area contributed by atoms with E-state index in [0.29, 0.717) is 0 Å². The minimum Gasteiger partial charge on any atom is -0.368 e. The standard InChI is InChI=1S/C14H22N2O2/c1-8(12(15)17)16-13(18)14-5-9-2-10(6-14)4-11(3-9)7-14/h8-11H,2-7H2,1H3,(H2,15,17)(H,16,18). The Morgan fingerprint density at radius 2 is 1.56 bits per heavy atom. The number of carbonyl (C=O) groups is 2. The van der Waals surface area contributed by atoms with Crippen molar-refractivity contribution in [2.75, 3.05) is 0 Å². The fraction of sp³-hybridized carbons (Fsp3) is 0.857. The maximum absolute atomic E-state index is 12.5. The van der Waals surface area contributed by atoms with E-state index in [1.54, 1.807) is 6.92 Å². The first-order valence-corrected chi connectivity index (χ1v) is 7.09. The predicted molar refractivity (Wildman–Crippen MR) is 67.4 cm³/mol. The van der Waals surface area contributed by atoms with Gasteiger partial charge in [-0.25, -0.2) is 0 Å². The second-order valence-corrected chi connectivity index (χ2v) is 6.80. The molecular weight excluding hydrogens is 228 g/mol. The molecule has 100 valence electrons. The molecule has 0 heterocycles. The lowest BCUT2D eigenvalue weighted by atomic mass is 9.49. The molecule has 0 aliphatic heterocycles. The van der Waals surface area contributed by atoms with Crippen LogP contribution in [0.2, 0.25) is 0 Å². The number of carbonyl (C=O) groups excluding carboxylic acids is 2. The smallest absolute Gasteiger partial charge is 0.239 e. The van der Waals surface area contributed by atoms with E-state index in [2.05, 4.69) is 5.32 Å². The minimum atomic E-state index is -0.550. The summed E-state index contributed by atoms with van der Waals surface area (Å²) < 4.78 is 0. The summed E-state index contributed by atoms with van der Waals surface area (Å²) in [7, 11) is 0. The van der Waals surface area contributed by atoms with E-state index in [-0.39, 0.29) is 11.3 Å². The largest absolute Gasteiger partial charge is 0.368 e. The van der Waals surface area contributed by atoms with Crippen LogP contribution in [0.15, 0.2) is 0 Å². The lowest BCUT2D eigenvalue weighted by molar-refractivity contribution is -0.148. The topological polar surface area (TPSA) is 72.2 Å². The van der Waals surface area contributed by atoms with Gasteiger partial charge in [-0.1, -0.05) is 0 Å². The molecule has 3 N–H and O–H groups in total. The third-order valence-corrected chi connectivity index (χ3v) is 5.29. The maximum atomic E-state index is 12.5.